The van der Waals surface area contributed by atoms with Crippen molar-refractivity contribution in [3.05, 3.63) is 54.1 Å². The van der Waals surface area contributed by atoms with Crippen molar-refractivity contribution in [1.29, 1.82) is 0 Å². The molecule has 0 saturated carbocycles. The van der Waals surface area contributed by atoms with Crippen LogP contribution in [-0.2, 0) is 0 Å². The summed E-state index contributed by atoms with van der Waals surface area (Å²) in [7, 11) is 0. The Labute approximate surface area is 133 Å². The minimum Gasteiger partial charge on any atom is -0.211 e. The first kappa shape index (κ1) is 18.6. The van der Waals surface area contributed by atoms with Gasteiger partial charge < -0.3 is 0 Å². The third-order valence-corrected chi connectivity index (χ3v) is 4.40. The highest BCUT2D eigenvalue weighted by Gasteiger charge is 2.20. The van der Waals surface area contributed by atoms with E-state index in [0.717, 1.165) is 24.0 Å². The summed E-state index contributed by atoms with van der Waals surface area (Å²) in [5, 5.41) is 0. The van der Waals surface area contributed by atoms with Crippen LogP contribution in [0.2, 0.25) is 0 Å². The highest BCUT2D eigenvalue weighted by atomic mass is 19.3. The zero-order valence-corrected chi connectivity index (χ0v) is 14.0. The van der Waals surface area contributed by atoms with Crippen molar-refractivity contribution in [1.82, 2.24) is 0 Å². The summed E-state index contributed by atoms with van der Waals surface area (Å²) in [5.74, 6) is 0.605. The Bertz CT molecular complexity index is 488. The van der Waals surface area contributed by atoms with E-state index in [0.29, 0.717) is 18.3 Å². The van der Waals surface area contributed by atoms with Gasteiger partial charge in [0.2, 0.25) is 6.43 Å². The molecule has 1 aromatic rings. The second-order valence-corrected chi connectivity index (χ2v) is 5.88. The average molecular weight is 306 g/mol. The molecule has 2 atom stereocenters. The van der Waals surface area contributed by atoms with Gasteiger partial charge in [-0.2, -0.15) is 0 Å². The van der Waals surface area contributed by atoms with Crippen molar-refractivity contribution in [2.75, 3.05) is 0 Å². The molecule has 0 saturated heterocycles. The van der Waals surface area contributed by atoms with Gasteiger partial charge in [-0.15, -0.1) is 0 Å². The molecular weight excluding hydrogens is 278 g/mol. The molecule has 0 bridgehead atoms. The van der Waals surface area contributed by atoms with Gasteiger partial charge in [0.15, 0.2) is 0 Å². The van der Waals surface area contributed by atoms with E-state index in [1.807, 2.05) is 25.1 Å². The Morgan fingerprint density at radius 2 is 1.95 bits per heavy atom. The lowest BCUT2D eigenvalue weighted by Gasteiger charge is -2.24. The van der Waals surface area contributed by atoms with Gasteiger partial charge in [-0.05, 0) is 41.9 Å². The van der Waals surface area contributed by atoms with Crippen molar-refractivity contribution in [2.24, 2.45) is 5.92 Å². The first-order valence-corrected chi connectivity index (χ1v) is 8.20. The fraction of sp³-hybridized carbons (Fsp3) is 0.500. The number of hydrogen-bond acceptors (Lipinski definition) is 0. The van der Waals surface area contributed by atoms with Crippen molar-refractivity contribution in [2.45, 2.75) is 58.8 Å². The first-order chi connectivity index (χ1) is 10.5. The minimum atomic E-state index is -2.20. The Balaban J connectivity index is 2.95. The molecule has 0 heterocycles. The molecule has 2 heteroatoms. The van der Waals surface area contributed by atoms with Gasteiger partial charge >= 0.3 is 0 Å². The summed E-state index contributed by atoms with van der Waals surface area (Å²) in [5.41, 5.74) is 3.48. The van der Waals surface area contributed by atoms with Gasteiger partial charge in [0.1, 0.15) is 0 Å². The van der Waals surface area contributed by atoms with Crippen LogP contribution in [0.5, 0.6) is 0 Å². The number of rotatable bonds is 9. The van der Waals surface area contributed by atoms with Gasteiger partial charge in [0, 0.05) is 6.42 Å². The number of hydrogen-bond donors (Lipinski definition) is 0. The molecule has 22 heavy (non-hydrogen) atoms. The molecule has 2 unspecified atom stereocenters. The lowest BCUT2D eigenvalue weighted by atomic mass is 9.81. The van der Waals surface area contributed by atoms with E-state index in [1.165, 1.54) is 5.56 Å². The molecule has 0 fully saturated rings. The van der Waals surface area contributed by atoms with Gasteiger partial charge in [-0.3, -0.25) is 0 Å². The van der Waals surface area contributed by atoms with Crippen molar-refractivity contribution in [3.63, 3.8) is 0 Å². The third kappa shape index (κ3) is 5.40. The van der Waals surface area contributed by atoms with Gasteiger partial charge in [0.05, 0.1) is 0 Å². The smallest absolute Gasteiger partial charge is 0.211 e. The van der Waals surface area contributed by atoms with Crippen LogP contribution in [0.1, 0.15) is 63.5 Å². The molecule has 0 radical (unpaired) electrons. The van der Waals surface area contributed by atoms with Crippen LogP contribution in [0.15, 0.2) is 43.0 Å². The Morgan fingerprint density at radius 3 is 2.50 bits per heavy atom. The predicted molar refractivity (Wildman–Crippen MR) is 92.3 cm³/mol. The molecule has 0 N–H and O–H groups in total. The van der Waals surface area contributed by atoms with E-state index in [1.54, 1.807) is 0 Å². The van der Waals surface area contributed by atoms with Crippen LogP contribution in [0, 0.1) is 5.92 Å². The highest BCUT2D eigenvalue weighted by Crippen LogP contribution is 2.33. The number of allylic oxidation sites excluding steroid dienone is 3. The topological polar surface area (TPSA) is 0 Å². The van der Waals surface area contributed by atoms with E-state index in [2.05, 4.69) is 38.6 Å². The van der Waals surface area contributed by atoms with Crippen LogP contribution in [-0.4, -0.2) is 6.43 Å². The molecular formula is C20H28F2. The van der Waals surface area contributed by atoms with E-state index >= 15 is 0 Å². The summed E-state index contributed by atoms with van der Waals surface area (Å²) < 4.78 is 25.1. The van der Waals surface area contributed by atoms with Gasteiger partial charge in [-0.1, -0.05) is 69.7 Å². The maximum Gasteiger partial charge on any atom is 0.238 e. The van der Waals surface area contributed by atoms with E-state index in [9.17, 15) is 8.78 Å². The summed E-state index contributed by atoms with van der Waals surface area (Å²) in [6.07, 6.45) is 4.31. The molecule has 0 nitrogen and oxygen atoms in total. The zero-order valence-electron chi connectivity index (χ0n) is 14.0. The van der Waals surface area contributed by atoms with Crippen LogP contribution < -0.4 is 0 Å². The van der Waals surface area contributed by atoms with Crippen LogP contribution in [0.25, 0.3) is 5.57 Å². The summed E-state index contributed by atoms with van der Waals surface area (Å²) in [6.45, 7) is 10.1. The van der Waals surface area contributed by atoms with Crippen molar-refractivity contribution < 1.29 is 8.78 Å². The summed E-state index contributed by atoms with van der Waals surface area (Å²) in [4.78, 5) is 0. The lowest BCUT2D eigenvalue weighted by molar-refractivity contribution is 0.124. The van der Waals surface area contributed by atoms with Crippen LogP contribution in [0.4, 0.5) is 8.78 Å². The molecule has 122 valence electrons. The van der Waals surface area contributed by atoms with E-state index < -0.39 is 6.43 Å². The second-order valence-electron chi connectivity index (χ2n) is 5.88. The molecule has 0 amide bonds. The highest BCUT2D eigenvalue weighted by molar-refractivity contribution is 5.73. The molecule has 1 rings (SSSR count). The van der Waals surface area contributed by atoms with E-state index in [-0.39, 0.29) is 6.42 Å². The lowest BCUT2D eigenvalue weighted by Crippen LogP contribution is -2.12. The van der Waals surface area contributed by atoms with Crippen LogP contribution >= 0.6 is 0 Å². The quantitative estimate of drug-likeness (QED) is 0.438. The van der Waals surface area contributed by atoms with Crippen LogP contribution in [0.3, 0.4) is 0 Å². The third-order valence-electron chi connectivity index (χ3n) is 4.40. The number of benzene rings is 1. The summed E-state index contributed by atoms with van der Waals surface area (Å²) in [6, 6.07) is 8.40. The predicted octanol–water partition coefficient (Wildman–Crippen LogP) is 6.84. The van der Waals surface area contributed by atoms with Crippen molar-refractivity contribution in [3.8, 4) is 0 Å². The molecule has 0 aliphatic heterocycles. The Kier molecular flexibility index (Phi) is 8.08. The maximum atomic E-state index is 12.5. The minimum absolute atomic E-state index is 0.00146. The molecule has 1 aromatic carbocycles. The number of halogens is 2. The normalized spacial score (nSPS) is 14.9. The number of alkyl halides is 2. The fourth-order valence-corrected chi connectivity index (χ4v) is 3.03. The second kappa shape index (κ2) is 9.55. The molecule has 0 aliphatic rings. The van der Waals surface area contributed by atoms with Gasteiger partial charge in [-0.25, -0.2) is 8.78 Å². The Morgan fingerprint density at radius 1 is 1.23 bits per heavy atom. The standard InChI is InChI=1S/C20H28F2/c1-5-9-17(12-13-20(21)22)15(4)18-10-8-11-19(14-18)16(6-2)7-3/h6-8,10-11,14-15,17,20H,2,5,9,12-13H2,1,3-4H3/b16-7+. The summed E-state index contributed by atoms with van der Waals surface area (Å²) >= 11 is 0. The molecule has 0 aromatic heterocycles. The monoisotopic (exact) mass is 306 g/mol. The van der Waals surface area contributed by atoms with E-state index in [4.69, 9.17) is 0 Å². The average Bonchev–Trinajstić information content (AvgIpc) is 2.52. The van der Waals surface area contributed by atoms with Gasteiger partial charge in [0.25, 0.3) is 0 Å². The molecule has 0 aliphatic carbocycles. The van der Waals surface area contributed by atoms with Crippen molar-refractivity contribution >= 4 is 5.57 Å². The Hall–Kier alpha value is -1.44. The SMILES string of the molecule is C=C/C(=C\C)c1cccc(C(C)C(CCC)CCC(F)F)c1. The molecule has 0 spiro atoms. The largest absolute Gasteiger partial charge is 0.238 e. The first-order valence-electron chi connectivity index (χ1n) is 8.20. The zero-order chi connectivity index (χ0) is 16.5. The fourth-order valence-electron chi connectivity index (χ4n) is 3.03. The maximum absolute atomic E-state index is 12.5.